The second-order valence-electron chi connectivity index (χ2n) is 7.74. The van der Waals surface area contributed by atoms with Crippen molar-refractivity contribution in [2.75, 3.05) is 46.4 Å². The first-order chi connectivity index (χ1) is 13.6. The van der Waals surface area contributed by atoms with Crippen LogP contribution in [0.25, 0.3) is 11.3 Å². The average Bonchev–Trinajstić information content (AvgIpc) is 3.15. The van der Waals surface area contributed by atoms with Gasteiger partial charge in [0.2, 0.25) is 5.91 Å². The molecule has 2 atom stereocenters. The Morgan fingerprint density at radius 2 is 2.14 bits per heavy atom. The van der Waals surface area contributed by atoms with Crippen LogP contribution in [0.5, 0.6) is 5.75 Å². The maximum absolute atomic E-state index is 12.9. The number of piperazine rings is 2. The molecule has 1 amide bonds. The molecule has 2 aliphatic heterocycles. The molecule has 2 aromatic rings. The average molecular weight is 383 g/mol. The lowest BCUT2D eigenvalue weighted by Crippen LogP contribution is -2.64. The van der Waals surface area contributed by atoms with Crippen molar-refractivity contribution >= 4 is 5.91 Å². The number of rotatable bonds is 5. The number of nitrogens with one attached hydrogen (secondary N) is 1. The van der Waals surface area contributed by atoms with Gasteiger partial charge in [-0.3, -0.25) is 14.4 Å². The van der Waals surface area contributed by atoms with Crippen molar-refractivity contribution < 1.29 is 9.53 Å². The SMILES string of the molecule is COc1ccc(C(C)CN2CCN3CCNC[C@@H]3C2=O)cc1-c1ccnn1C. The van der Waals surface area contributed by atoms with Gasteiger partial charge in [-0.05, 0) is 29.7 Å². The van der Waals surface area contributed by atoms with Gasteiger partial charge in [0, 0.05) is 58.1 Å². The van der Waals surface area contributed by atoms with Crippen LogP contribution in [0.15, 0.2) is 30.5 Å². The molecule has 0 radical (unpaired) electrons. The van der Waals surface area contributed by atoms with Gasteiger partial charge in [0.05, 0.1) is 12.8 Å². The lowest BCUT2D eigenvalue weighted by atomic mass is 9.96. The number of carbonyl (C=O) groups is 1. The molecule has 7 heteroatoms. The van der Waals surface area contributed by atoms with E-state index in [1.165, 1.54) is 5.56 Å². The molecule has 2 aliphatic rings. The van der Waals surface area contributed by atoms with Crippen molar-refractivity contribution in [1.29, 1.82) is 0 Å². The normalized spacial score (nSPS) is 21.5. The summed E-state index contributed by atoms with van der Waals surface area (Å²) in [5, 5.41) is 7.63. The highest BCUT2D eigenvalue weighted by Gasteiger charge is 2.36. The van der Waals surface area contributed by atoms with Gasteiger partial charge in [-0.15, -0.1) is 0 Å². The van der Waals surface area contributed by atoms with Gasteiger partial charge < -0.3 is 15.0 Å². The van der Waals surface area contributed by atoms with Gasteiger partial charge >= 0.3 is 0 Å². The van der Waals surface area contributed by atoms with Crippen molar-refractivity contribution in [3.05, 3.63) is 36.0 Å². The summed E-state index contributed by atoms with van der Waals surface area (Å²) >= 11 is 0. The Balaban J connectivity index is 1.53. The van der Waals surface area contributed by atoms with Gasteiger partial charge in [0.1, 0.15) is 11.8 Å². The molecule has 4 rings (SSSR count). The Morgan fingerprint density at radius 3 is 2.89 bits per heavy atom. The minimum absolute atomic E-state index is 0.00410. The third-order valence-corrected chi connectivity index (χ3v) is 5.99. The number of methoxy groups -OCH3 is 1. The van der Waals surface area contributed by atoms with Crippen molar-refractivity contribution in [1.82, 2.24) is 24.9 Å². The van der Waals surface area contributed by atoms with Gasteiger partial charge in [-0.25, -0.2) is 0 Å². The smallest absolute Gasteiger partial charge is 0.241 e. The molecule has 0 bridgehead atoms. The van der Waals surface area contributed by atoms with Crippen LogP contribution in [0.4, 0.5) is 0 Å². The second kappa shape index (κ2) is 7.93. The molecule has 1 aromatic carbocycles. The fourth-order valence-corrected chi connectivity index (χ4v) is 4.32. The Kier molecular flexibility index (Phi) is 5.37. The third kappa shape index (κ3) is 3.52. The number of ether oxygens (including phenoxy) is 1. The summed E-state index contributed by atoms with van der Waals surface area (Å²) in [5.74, 6) is 1.33. The second-order valence-corrected chi connectivity index (χ2v) is 7.74. The summed E-state index contributed by atoms with van der Waals surface area (Å²) in [6.07, 6.45) is 1.79. The van der Waals surface area contributed by atoms with Crippen LogP contribution in [-0.4, -0.2) is 77.9 Å². The van der Waals surface area contributed by atoms with E-state index < -0.39 is 0 Å². The van der Waals surface area contributed by atoms with E-state index in [0.29, 0.717) is 0 Å². The number of aromatic nitrogens is 2. The molecule has 1 unspecified atom stereocenters. The Bertz CT molecular complexity index is 849. The Labute approximate surface area is 166 Å². The highest BCUT2D eigenvalue weighted by Crippen LogP contribution is 2.33. The highest BCUT2D eigenvalue weighted by molar-refractivity contribution is 5.83. The Morgan fingerprint density at radius 1 is 1.29 bits per heavy atom. The first-order valence-electron chi connectivity index (χ1n) is 9.98. The molecule has 150 valence electrons. The molecule has 3 heterocycles. The zero-order valence-corrected chi connectivity index (χ0v) is 16.9. The van der Waals surface area contributed by atoms with Crippen molar-refractivity contribution in [2.24, 2.45) is 7.05 Å². The Hall–Kier alpha value is -2.38. The van der Waals surface area contributed by atoms with Crippen LogP contribution in [0, 0.1) is 0 Å². The minimum atomic E-state index is -0.00410. The van der Waals surface area contributed by atoms with E-state index in [0.717, 1.165) is 56.3 Å². The quantitative estimate of drug-likeness (QED) is 0.844. The van der Waals surface area contributed by atoms with E-state index in [4.69, 9.17) is 4.74 Å². The van der Waals surface area contributed by atoms with E-state index in [2.05, 4.69) is 34.4 Å². The van der Waals surface area contributed by atoms with Crippen molar-refractivity contribution in [3.63, 3.8) is 0 Å². The van der Waals surface area contributed by atoms with Crippen molar-refractivity contribution in [2.45, 2.75) is 18.9 Å². The maximum atomic E-state index is 12.9. The van der Waals surface area contributed by atoms with Crippen LogP contribution in [0.2, 0.25) is 0 Å². The zero-order valence-electron chi connectivity index (χ0n) is 16.9. The van der Waals surface area contributed by atoms with Gasteiger partial charge in [0.25, 0.3) is 0 Å². The number of aryl methyl sites for hydroxylation is 1. The predicted octanol–water partition coefficient (Wildman–Crippen LogP) is 1.32. The lowest BCUT2D eigenvalue weighted by Gasteiger charge is -2.44. The number of hydrogen-bond donors (Lipinski definition) is 1. The first kappa shape index (κ1) is 19.0. The molecular formula is C21H29N5O2. The van der Waals surface area contributed by atoms with E-state index in [1.54, 1.807) is 13.3 Å². The number of nitrogens with zero attached hydrogens (tertiary/aromatic N) is 4. The monoisotopic (exact) mass is 383 g/mol. The number of fused-ring (bicyclic) bond motifs is 1. The van der Waals surface area contributed by atoms with Crippen LogP contribution in [-0.2, 0) is 11.8 Å². The summed E-state index contributed by atoms with van der Waals surface area (Å²) in [7, 11) is 3.62. The van der Waals surface area contributed by atoms with E-state index in [1.807, 2.05) is 28.8 Å². The van der Waals surface area contributed by atoms with Crippen LogP contribution in [0.1, 0.15) is 18.4 Å². The molecular weight excluding hydrogens is 354 g/mol. The summed E-state index contributed by atoms with van der Waals surface area (Å²) in [6.45, 7) is 7.40. The van der Waals surface area contributed by atoms with E-state index in [-0.39, 0.29) is 17.9 Å². The number of hydrogen-bond acceptors (Lipinski definition) is 5. The molecule has 2 saturated heterocycles. The topological polar surface area (TPSA) is 62.6 Å². The van der Waals surface area contributed by atoms with Crippen LogP contribution in [0.3, 0.4) is 0 Å². The van der Waals surface area contributed by atoms with Gasteiger partial charge in [-0.2, -0.15) is 5.10 Å². The first-order valence-corrected chi connectivity index (χ1v) is 9.98. The molecule has 0 aliphatic carbocycles. The van der Waals surface area contributed by atoms with Gasteiger partial charge in [0.15, 0.2) is 0 Å². The molecule has 0 spiro atoms. The summed E-state index contributed by atoms with van der Waals surface area (Å²) in [6, 6.07) is 8.27. The molecule has 7 nitrogen and oxygen atoms in total. The molecule has 2 fully saturated rings. The molecule has 1 aromatic heterocycles. The van der Waals surface area contributed by atoms with Crippen LogP contribution < -0.4 is 10.1 Å². The van der Waals surface area contributed by atoms with E-state index >= 15 is 0 Å². The third-order valence-electron chi connectivity index (χ3n) is 5.99. The zero-order chi connectivity index (χ0) is 19.7. The van der Waals surface area contributed by atoms with Gasteiger partial charge in [-0.1, -0.05) is 13.0 Å². The summed E-state index contributed by atoms with van der Waals surface area (Å²) in [4.78, 5) is 17.3. The predicted molar refractivity (Wildman–Crippen MR) is 108 cm³/mol. The number of benzene rings is 1. The fourth-order valence-electron chi connectivity index (χ4n) is 4.32. The maximum Gasteiger partial charge on any atom is 0.241 e. The lowest BCUT2D eigenvalue weighted by molar-refractivity contribution is -0.142. The highest BCUT2D eigenvalue weighted by atomic mass is 16.5. The fraction of sp³-hybridized carbons (Fsp3) is 0.524. The van der Waals surface area contributed by atoms with E-state index in [9.17, 15) is 4.79 Å². The number of amides is 1. The molecule has 0 saturated carbocycles. The van der Waals surface area contributed by atoms with Crippen molar-refractivity contribution in [3.8, 4) is 17.0 Å². The standard InChI is InChI=1S/C21H29N5O2/c1-15(14-26-11-10-25-9-8-22-13-19(25)21(26)27)16-4-5-20(28-3)17(12-16)18-6-7-23-24(18)2/h4-7,12,15,19,22H,8-11,13-14H2,1-3H3/t15?,19-/m1/s1. The van der Waals surface area contributed by atoms with Crippen LogP contribution >= 0.6 is 0 Å². The summed E-state index contributed by atoms with van der Waals surface area (Å²) < 4.78 is 7.42. The molecule has 1 N–H and O–H groups in total. The number of carbonyl (C=O) groups excluding carboxylic acids is 1. The molecule has 28 heavy (non-hydrogen) atoms. The largest absolute Gasteiger partial charge is 0.496 e. The summed E-state index contributed by atoms with van der Waals surface area (Å²) in [5.41, 5.74) is 3.25. The minimum Gasteiger partial charge on any atom is -0.496 e.